The normalized spacial score (nSPS) is 14.0. The maximum Gasteiger partial charge on any atom is 0.338 e. The topological polar surface area (TPSA) is 59.2 Å². The van der Waals surface area contributed by atoms with E-state index in [1.165, 1.54) is 0 Å². The number of aromatic amines is 1. The molecule has 0 atom stereocenters. The van der Waals surface area contributed by atoms with Crippen LogP contribution in [0.4, 0.5) is 0 Å². The molecular weight excluding hydrogens is 362 g/mol. The molecule has 4 heteroatoms. The fourth-order valence-corrected chi connectivity index (χ4v) is 4.07. The Morgan fingerprint density at radius 1 is 0.966 bits per heavy atom. The third kappa shape index (κ3) is 4.02. The average Bonchev–Trinajstić information content (AvgIpc) is 2.76. The number of carbonyl (C=O) groups is 1. The zero-order valence-corrected chi connectivity index (χ0v) is 16.7. The first-order chi connectivity index (χ1) is 14.2. The molecule has 148 valence electrons. The van der Waals surface area contributed by atoms with Crippen molar-refractivity contribution in [2.45, 2.75) is 39.0 Å². The van der Waals surface area contributed by atoms with Crippen LogP contribution in [0, 0.1) is 0 Å². The molecule has 0 saturated heterocycles. The van der Waals surface area contributed by atoms with Gasteiger partial charge in [-0.25, -0.2) is 4.79 Å². The lowest BCUT2D eigenvalue weighted by Crippen LogP contribution is -2.19. The van der Waals surface area contributed by atoms with Gasteiger partial charge in [0.1, 0.15) is 0 Å². The molecule has 29 heavy (non-hydrogen) atoms. The molecule has 0 unspecified atom stereocenters. The summed E-state index contributed by atoms with van der Waals surface area (Å²) in [5, 5.41) is 2.27. The molecule has 1 fully saturated rings. The van der Waals surface area contributed by atoms with Gasteiger partial charge < -0.3 is 9.72 Å². The number of esters is 1. The van der Waals surface area contributed by atoms with Crippen molar-refractivity contribution in [1.29, 1.82) is 0 Å². The Kier molecular flexibility index (Phi) is 5.61. The molecule has 1 aliphatic carbocycles. The van der Waals surface area contributed by atoms with E-state index in [2.05, 4.69) is 23.2 Å². The van der Waals surface area contributed by atoms with Crippen molar-refractivity contribution < 1.29 is 9.53 Å². The van der Waals surface area contributed by atoms with Crippen LogP contribution >= 0.6 is 0 Å². The summed E-state index contributed by atoms with van der Waals surface area (Å²) in [5.74, 6) is -0.395. The summed E-state index contributed by atoms with van der Waals surface area (Å²) in [5.41, 5.74) is 3.33. The number of carbonyl (C=O) groups excluding carboxylic acids is 1. The van der Waals surface area contributed by atoms with Crippen molar-refractivity contribution >= 4 is 22.3 Å². The average molecular weight is 387 g/mol. The summed E-state index contributed by atoms with van der Waals surface area (Å²) >= 11 is 0. The van der Waals surface area contributed by atoms with E-state index in [9.17, 15) is 9.59 Å². The number of rotatable bonds is 4. The molecule has 3 aromatic rings. The Labute approximate surface area is 170 Å². The zero-order chi connectivity index (χ0) is 20.2. The highest BCUT2D eigenvalue weighted by molar-refractivity contribution is 6.17. The molecule has 2 aromatic carbocycles. The van der Waals surface area contributed by atoms with Crippen LogP contribution in [0.1, 0.15) is 44.6 Å². The standard InChI is InChI=1S/C25H25NO3/c1-2-29-25(28)23(18-9-4-3-5-10-18)21-14-15-22(26-24(21)27)20-13-12-17-8-6-7-11-19(17)16-20/h6-8,11-16H,2-5,9-10H2,1H3,(H,26,27). The van der Waals surface area contributed by atoms with Crippen molar-refractivity contribution in [2.24, 2.45) is 0 Å². The van der Waals surface area contributed by atoms with Gasteiger partial charge in [-0.15, -0.1) is 0 Å². The monoisotopic (exact) mass is 387 g/mol. The lowest BCUT2D eigenvalue weighted by molar-refractivity contribution is -0.136. The molecule has 0 aliphatic heterocycles. The molecule has 4 nitrogen and oxygen atoms in total. The molecule has 1 aliphatic rings. The number of hydrogen-bond donors (Lipinski definition) is 1. The first kappa shape index (κ1) is 19.2. The van der Waals surface area contributed by atoms with Gasteiger partial charge >= 0.3 is 5.97 Å². The first-order valence-electron chi connectivity index (χ1n) is 10.3. The summed E-state index contributed by atoms with van der Waals surface area (Å²) in [7, 11) is 0. The van der Waals surface area contributed by atoms with Gasteiger partial charge in [0.15, 0.2) is 0 Å². The number of pyridine rings is 1. The fraction of sp³-hybridized carbons (Fsp3) is 0.280. The van der Waals surface area contributed by atoms with Gasteiger partial charge in [-0.2, -0.15) is 0 Å². The van der Waals surface area contributed by atoms with Gasteiger partial charge in [-0.3, -0.25) is 4.79 Å². The van der Waals surface area contributed by atoms with Gasteiger partial charge in [0, 0.05) is 5.69 Å². The zero-order valence-electron chi connectivity index (χ0n) is 16.7. The van der Waals surface area contributed by atoms with Crippen molar-refractivity contribution in [2.75, 3.05) is 6.61 Å². The minimum absolute atomic E-state index is 0.253. The van der Waals surface area contributed by atoms with Crippen molar-refractivity contribution in [1.82, 2.24) is 4.98 Å². The number of ether oxygens (including phenoxy) is 1. The Morgan fingerprint density at radius 2 is 1.72 bits per heavy atom. The maximum atomic E-state index is 13.0. The van der Waals surface area contributed by atoms with Crippen LogP contribution in [0.3, 0.4) is 0 Å². The van der Waals surface area contributed by atoms with Gasteiger partial charge in [0.05, 0.1) is 17.7 Å². The second-order valence-corrected chi connectivity index (χ2v) is 7.44. The second-order valence-electron chi connectivity index (χ2n) is 7.44. The number of benzene rings is 2. The van der Waals surface area contributed by atoms with E-state index < -0.39 is 5.97 Å². The van der Waals surface area contributed by atoms with Crippen LogP contribution < -0.4 is 5.56 Å². The Bertz CT molecular complexity index is 1130. The summed E-state index contributed by atoms with van der Waals surface area (Å²) in [4.78, 5) is 28.6. The molecule has 0 radical (unpaired) electrons. The van der Waals surface area contributed by atoms with Crippen LogP contribution in [0.5, 0.6) is 0 Å². The second kappa shape index (κ2) is 8.48. The van der Waals surface area contributed by atoms with Crippen molar-refractivity contribution in [3.63, 3.8) is 0 Å². The smallest absolute Gasteiger partial charge is 0.338 e. The Balaban J connectivity index is 1.76. The maximum absolute atomic E-state index is 13.0. The number of allylic oxidation sites excluding steroid dienone is 1. The van der Waals surface area contributed by atoms with Gasteiger partial charge in [-0.1, -0.05) is 48.4 Å². The molecule has 1 saturated carbocycles. The number of H-pyrrole nitrogens is 1. The number of hydrogen-bond acceptors (Lipinski definition) is 3. The predicted octanol–water partition coefficient (Wildman–Crippen LogP) is 5.48. The highest BCUT2D eigenvalue weighted by atomic mass is 16.5. The number of fused-ring (bicyclic) bond motifs is 1. The van der Waals surface area contributed by atoms with E-state index in [0.717, 1.165) is 59.7 Å². The quantitative estimate of drug-likeness (QED) is 0.477. The van der Waals surface area contributed by atoms with Gasteiger partial charge in [0.2, 0.25) is 0 Å². The highest BCUT2D eigenvalue weighted by Gasteiger charge is 2.23. The molecule has 1 N–H and O–H groups in total. The van der Waals surface area contributed by atoms with Crippen LogP contribution in [0.15, 0.2) is 65.0 Å². The highest BCUT2D eigenvalue weighted by Crippen LogP contribution is 2.31. The van der Waals surface area contributed by atoms with Crippen molar-refractivity contribution in [3.05, 3.63) is 76.1 Å². The summed E-state index contributed by atoms with van der Waals surface area (Å²) < 4.78 is 5.28. The lowest BCUT2D eigenvalue weighted by Gasteiger charge is -2.18. The third-order valence-corrected chi connectivity index (χ3v) is 5.53. The van der Waals surface area contributed by atoms with Crippen LogP contribution in [0.25, 0.3) is 27.6 Å². The summed E-state index contributed by atoms with van der Waals surface area (Å²) in [6.07, 6.45) is 4.95. The largest absolute Gasteiger partial charge is 0.462 e. The fourth-order valence-electron chi connectivity index (χ4n) is 4.07. The molecule has 4 rings (SSSR count). The minimum Gasteiger partial charge on any atom is -0.462 e. The Hall–Kier alpha value is -3.14. The molecule has 0 amide bonds. The Morgan fingerprint density at radius 3 is 2.45 bits per heavy atom. The van der Waals surface area contributed by atoms with Crippen LogP contribution in [-0.4, -0.2) is 17.6 Å². The third-order valence-electron chi connectivity index (χ3n) is 5.53. The molecule has 0 spiro atoms. The van der Waals surface area contributed by atoms with E-state index in [4.69, 9.17) is 4.74 Å². The molecule has 1 aromatic heterocycles. The predicted molar refractivity (Wildman–Crippen MR) is 117 cm³/mol. The molecule has 1 heterocycles. The van der Waals surface area contributed by atoms with Gasteiger partial charge in [-0.05, 0) is 67.1 Å². The van der Waals surface area contributed by atoms with E-state index in [0.29, 0.717) is 17.7 Å². The number of nitrogens with one attached hydrogen (secondary N) is 1. The van der Waals surface area contributed by atoms with E-state index in [1.807, 2.05) is 30.3 Å². The van der Waals surface area contributed by atoms with Gasteiger partial charge in [0.25, 0.3) is 5.56 Å². The first-order valence-corrected chi connectivity index (χ1v) is 10.3. The number of aromatic nitrogens is 1. The lowest BCUT2D eigenvalue weighted by atomic mass is 9.88. The molecular formula is C25H25NO3. The SMILES string of the molecule is CCOC(=O)C(=C1CCCCC1)c1ccc(-c2ccc3ccccc3c2)[nH]c1=O. The summed E-state index contributed by atoms with van der Waals surface area (Å²) in [6, 6.07) is 17.9. The molecule has 0 bridgehead atoms. The van der Waals surface area contributed by atoms with Crippen molar-refractivity contribution in [3.8, 4) is 11.3 Å². The van der Waals surface area contributed by atoms with E-state index in [1.54, 1.807) is 13.0 Å². The van der Waals surface area contributed by atoms with Crippen LogP contribution in [0.2, 0.25) is 0 Å². The summed E-state index contributed by atoms with van der Waals surface area (Å²) in [6.45, 7) is 2.08. The van der Waals surface area contributed by atoms with E-state index in [-0.39, 0.29) is 5.56 Å². The minimum atomic E-state index is -0.395. The van der Waals surface area contributed by atoms with E-state index >= 15 is 0 Å². The van der Waals surface area contributed by atoms with Crippen LogP contribution in [-0.2, 0) is 9.53 Å².